The largest absolute Gasteiger partial charge is 4.00 e. The summed E-state index contributed by atoms with van der Waals surface area (Å²) in [4.78, 5) is 41.8. The molecule has 2 rings (SSSR count). The number of nitrogen functional groups attached to an aromatic ring is 4. The number of aromatic carboxylic acids is 4. The van der Waals surface area contributed by atoms with Crippen LogP contribution in [0.5, 0.6) is 0 Å². The summed E-state index contributed by atoms with van der Waals surface area (Å²) in [5, 5.41) is 41.8. The van der Waals surface area contributed by atoms with Crippen molar-refractivity contribution in [2.75, 3.05) is 22.9 Å². The predicted octanol–water partition coefficient (Wildman–Crippen LogP) is -4.85. The van der Waals surface area contributed by atoms with Gasteiger partial charge in [-0.05, 0) is 24.3 Å². The van der Waals surface area contributed by atoms with Crippen LogP contribution >= 0.6 is 0 Å². The Hall–Kier alpha value is -3.77. The predicted molar refractivity (Wildman–Crippen MR) is 87.9 cm³/mol. The van der Waals surface area contributed by atoms with Crippen molar-refractivity contribution in [1.82, 2.24) is 0 Å². The average molecular weight is 436 g/mol. The average Bonchev–Trinajstić information content (AvgIpc) is 2.57. The summed E-state index contributed by atoms with van der Waals surface area (Å²) in [7, 11) is 0. The Kier molecular flexibility index (Phi) is 8.67. The third kappa shape index (κ3) is 6.12. The maximum Gasteiger partial charge on any atom is 4.00 e. The molecule has 148 valence electrons. The van der Waals surface area contributed by atoms with Crippen molar-refractivity contribution >= 4 is 46.6 Å². The summed E-state index contributed by atoms with van der Waals surface area (Å²) < 4.78 is 0. The number of nitrogens with two attached hydrogens (primary N) is 4. The molecule has 0 heterocycles. The van der Waals surface area contributed by atoms with E-state index in [1.54, 1.807) is 0 Å². The number of carboxylic acids is 4. The van der Waals surface area contributed by atoms with Crippen LogP contribution in [-0.2, 0) is 21.7 Å². The molecule has 0 aliphatic rings. The molecule has 0 amide bonds. The normalized spacial score (nSPS) is 9.38. The summed E-state index contributed by atoms with van der Waals surface area (Å²) in [6, 6.07) is 3.71. The van der Waals surface area contributed by atoms with Crippen molar-refractivity contribution in [2.45, 2.75) is 0 Å². The third-order valence-corrected chi connectivity index (χ3v) is 3.32. The number of carboxylic acid groups (broad SMARTS) is 4. The fourth-order valence-corrected chi connectivity index (χ4v) is 1.97. The second-order valence-electron chi connectivity index (χ2n) is 5.20. The van der Waals surface area contributed by atoms with Gasteiger partial charge in [-0.3, -0.25) is 0 Å². The van der Waals surface area contributed by atoms with Gasteiger partial charge in [0.15, 0.2) is 0 Å². The molecular formula is C16H12N4O8Ti. The van der Waals surface area contributed by atoms with Crippen molar-refractivity contribution in [3.8, 4) is 0 Å². The maximum atomic E-state index is 10.4. The quantitative estimate of drug-likeness (QED) is 0.260. The Labute approximate surface area is 177 Å². The fourth-order valence-electron chi connectivity index (χ4n) is 1.97. The van der Waals surface area contributed by atoms with Crippen LogP contribution in [0.1, 0.15) is 41.4 Å². The molecule has 0 atom stereocenters. The number of carbonyl (C=O) groups excluding carboxylic acids is 4. The first kappa shape index (κ1) is 25.2. The van der Waals surface area contributed by atoms with E-state index in [1.165, 1.54) is 0 Å². The summed E-state index contributed by atoms with van der Waals surface area (Å²) in [6.07, 6.45) is 0. The Balaban J connectivity index is 0.000000523. The summed E-state index contributed by atoms with van der Waals surface area (Å²) in [5.41, 5.74) is 18.8. The van der Waals surface area contributed by atoms with Crippen LogP contribution in [0.25, 0.3) is 0 Å². The van der Waals surface area contributed by atoms with Crippen LogP contribution in [0.2, 0.25) is 0 Å². The maximum absolute atomic E-state index is 10.4. The standard InChI is InChI=1S/2C8H8N2O4.Ti/c2*9-5-1-3(7(11)12)6(10)2-4(5)8(13)14;/h2*1-2H,9-10H2,(H,11,12)(H,13,14);/q;;+4/p-4. The molecule has 0 fully saturated rings. The molecule has 0 aliphatic carbocycles. The number of carbonyl (C=O) groups is 4. The Morgan fingerprint density at radius 3 is 0.724 bits per heavy atom. The van der Waals surface area contributed by atoms with Gasteiger partial charge >= 0.3 is 21.7 Å². The molecule has 0 bridgehead atoms. The van der Waals surface area contributed by atoms with Crippen LogP contribution in [-0.4, -0.2) is 23.9 Å². The minimum Gasteiger partial charge on any atom is -0.545 e. The van der Waals surface area contributed by atoms with Gasteiger partial charge in [0.1, 0.15) is 0 Å². The van der Waals surface area contributed by atoms with Crippen LogP contribution in [0.15, 0.2) is 24.3 Å². The van der Waals surface area contributed by atoms with Crippen molar-refractivity contribution < 1.29 is 61.3 Å². The van der Waals surface area contributed by atoms with E-state index in [0.29, 0.717) is 0 Å². The third-order valence-electron chi connectivity index (χ3n) is 3.32. The Bertz CT molecular complexity index is 834. The van der Waals surface area contributed by atoms with Crippen LogP contribution in [0, 0.1) is 0 Å². The van der Waals surface area contributed by atoms with E-state index in [4.69, 9.17) is 22.9 Å². The Morgan fingerprint density at radius 1 is 0.483 bits per heavy atom. The molecule has 8 N–H and O–H groups in total. The van der Waals surface area contributed by atoms with E-state index in [9.17, 15) is 39.6 Å². The van der Waals surface area contributed by atoms with E-state index in [2.05, 4.69) is 0 Å². The molecule has 0 radical (unpaired) electrons. The van der Waals surface area contributed by atoms with Crippen LogP contribution in [0.4, 0.5) is 22.7 Å². The minimum atomic E-state index is -1.51. The monoisotopic (exact) mass is 436 g/mol. The van der Waals surface area contributed by atoms with Crippen LogP contribution < -0.4 is 43.4 Å². The molecule has 29 heavy (non-hydrogen) atoms. The molecule has 0 saturated heterocycles. The molecule has 0 aromatic heterocycles. The van der Waals surface area contributed by atoms with Crippen molar-refractivity contribution in [3.63, 3.8) is 0 Å². The van der Waals surface area contributed by atoms with Gasteiger partial charge in [-0.15, -0.1) is 0 Å². The number of benzene rings is 2. The molecule has 0 unspecified atom stereocenters. The van der Waals surface area contributed by atoms with E-state index in [0.717, 1.165) is 24.3 Å². The van der Waals surface area contributed by atoms with Gasteiger partial charge in [-0.2, -0.15) is 0 Å². The topological polar surface area (TPSA) is 265 Å². The van der Waals surface area contributed by atoms with Crippen molar-refractivity contribution in [2.24, 2.45) is 0 Å². The smallest absolute Gasteiger partial charge is 0.545 e. The van der Waals surface area contributed by atoms with Gasteiger partial charge in [-0.25, -0.2) is 0 Å². The number of rotatable bonds is 4. The molecule has 0 saturated carbocycles. The van der Waals surface area contributed by atoms with Crippen molar-refractivity contribution in [3.05, 3.63) is 46.5 Å². The molecular weight excluding hydrogens is 424 g/mol. The SMILES string of the molecule is Nc1cc(C(=O)[O-])c(N)cc1C(=O)[O-].Nc1cc(C(=O)[O-])c(N)cc1C(=O)[O-].[Ti+4]. The molecule has 0 aliphatic heterocycles. The van der Waals surface area contributed by atoms with Gasteiger partial charge in [0.05, 0.1) is 23.9 Å². The number of hydrogen-bond acceptors (Lipinski definition) is 12. The van der Waals surface area contributed by atoms with Gasteiger partial charge < -0.3 is 62.5 Å². The zero-order valence-electron chi connectivity index (χ0n) is 14.4. The molecule has 2 aromatic carbocycles. The fraction of sp³-hybridized carbons (Fsp3) is 0. The first-order chi connectivity index (χ1) is 12.9. The van der Waals surface area contributed by atoms with E-state index in [-0.39, 0.29) is 66.7 Å². The molecule has 12 nitrogen and oxygen atoms in total. The first-order valence-corrected chi connectivity index (χ1v) is 7.10. The molecule has 13 heteroatoms. The zero-order valence-corrected chi connectivity index (χ0v) is 15.9. The summed E-state index contributed by atoms with van der Waals surface area (Å²) >= 11 is 0. The van der Waals surface area contributed by atoms with Gasteiger partial charge in [0, 0.05) is 45.0 Å². The summed E-state index contributed by atoms with van der Waals surface area (Å²) in [5.74, 6) is -6.06. The van der Waals surface area contributed by atoms with Crippen molar-refractivity contribution in [1.29, 1.82) is 0 Å². The van der Waals surface area contributed by atoms with E-state index >= 15 is 0 Å². The van der Waals surface area contributed by atoms with Gasteiger partial charge in [-0.1, -0.05) is 0 Å². The second kappa shape index (κ2) is 9.96. The van der Waals surface area contributed by atoms with Gasteiger partial charge in [0.25, 0.3) is 0 Å². The molecule has 2 aromatic rings. The van der Waals surface area contributed by atoms with E-state index in [1.807, 2.05) is 0 Å². The Morgan fingerprint density at radius 2 is 0.621 bits per heavy atom. The number of anilines is 4. The zero-order chi connectivity index (χ0) is 21.8. The minimum absolute atomic E-state index is 0. The van der Waals surface area contributed by atoms with Gasteiger partial charge in [0.2, 0.25) is 0 Å². The summed E-state index contributed by atoms with van der Waals surface area (Å²) in [6.45, 7) is 0. The van der Waals surface area contributed by atoms with E-state index < -0.39 is 23.9 Å². The second-order valence-corrected chi connectivity index (χ2v) is 5.20. The first-order valence-electron chi connectivity index (χ1n) is 7.10. The molecule has 0 spiro atoms. The van der Waals surface area contributed by atoms with Crippen LogP contribution in [0.3, 0.4) is 0 Å². The number of hydrogen-bond donors (Lipinski definition) is 4.